The van der Waals surface area contributed by atoms with Crippen molar-refractivity contribution in [1.82, 2.24) is 0 Å². The molecule has 0 radical (unpaired) electrons. The molecule has 0 aromatic rings. The van der Waals surface area contributed by atoms with Crippen LogP contribution >= 0.6 is 0 Å². The van der Waals surface area contributed by atoms with Crippen LogP contribution in [0.2, 0.25) is 0 Å². The van der Waals surface area contributed by atoms with Crippen molar-refractivity contribution in [3.8, 4) is 0 Å². The van der Waals surface area contributed by atoms with Gasteiger partial charge >= 0.3 is 5.97 Å². The number of carbonyl (C=O) groups is 1. The molecule has 0 fully saturated rings. The standard InChI is InChI=1S/C10H20O3/c1-4-9(10(11)12)13-7-5-6-8(2)3/h8-9H,4-7H2,1-3H3,(H,11,12). The number of hydrogen-bond donors (Lipinski definition) is 1. The molecule has 0 aromatic heterocycles. The van der Waals surface area contributed by atoms with Crippen molar-refractivity contribution in [3.05, 3.63) is 0 Å². The molecule has 0 heterocycles. The van der Waals surface area contributed by atoms with Crippen LogP contribution in [0.25, 0.3) is 0 Å². The number of hydrogen-bond acceptors (Lipinski definition) is 2. The van der Waals surface area contributed by atoms with Gasteiger partial charge in [-0.05, 0) is 25.2 Å². The number of ether oxygens (including phenoxy) is 1. The lowest BCUT2D eigenvalue weighted by Gasteiger charge is -2.11. The second kappa shape index (κ2) is 6.89. The monoisotopic (exact) mass is 188 g/mol. The number of carboxylic acids is 1. The zero-order valence-corrected chi connectivity index (χ0v) is 8.75. The van der Waals surface area contributed by atoms with Gasteiger partial charge in [0, 0.05) is 6.61 Å². The second-order valence-corrected chi connectivity index (χ2v) is 3.64. The van der Waals surface area contributed by atoms with Gasteiger partial charge in [-0.3, -0.25) is 0 Å². The summed E-state index contributed by atoms with van der Waals surface area (Å²) < 4.78 is 5.20. The molecule has 0 amide bonds. The van der Waals surface area contributed by atoms with E-state index in [1.54, 1.807) is 0 Å². The molecule has 3 heteroatoms. The van der Waals surface area contributed by atoms with E-state index in [1.807, 2.05) is 6.92 Å². The van der Waals surface area contributed by atoms with E-state index in [-0.39, 0.29) is 0 Å². The van der Waals surface area contributed by atoms with E-state index < -0.39 is 12.1 Å². The SMILES string of the molecule is CCC(OCCCC(C)C)C(=O)O. The van der Waals surface area contributed by atoms with Crippen LogP contribution in [0.15, 0.2) is 0 Å². The minimum atomic E-state index is -0.855. The first-order valence-electron chi connectivity index (χ1n) is 4.92. The molecule has 0 saturated carbocycles. The van der Waals surface area contributed by atoms with Crippen LogP contribution in [0, 0.1) is 5.92 Å². The fourth-order valence-corrected chi connectivity index (χ4v) is 1.08. The lowest BCUT2D eigenvalue weighted by Crippen LogP contribution is -2.23. The molecular formula is C10H20O3. The molecule has 13 heavy (non-hydrogen) atoms. The maximum Gasteiger partial charge on any atom is 0.332 e. The first-order valence-corrected chi connectivity index (χ1v) is 4.92. The van der Waals surface area contributed by atoms with E-state index >= 15 is 0 Å². The van der Waals surface area contributed by atoms with Crippen LogP contribution < -0.4 is 0 Å². The van der Waals surface area contributed by atoms with Crippen LogP contribution in [-0.4, -0.2) is 23.8 Å². The Labute approximate surface area is 80.1 Å². The highest BCUT2D eigenvalue weighted by Gasteiger charge is 2.14. The van der Waals surface area contributed by atoms with Crippen molar-refractivity contribution < 1.29 is 14.6 Å². The Morgan fingerprint density at radius 3 is 2.46 bits per heavy atom. The molecule has 0 rings (SSSR count). The summed E-state index contributed by atoms with van der Waals surface area (Å²) in [5, 5.41) is 8.66. The summed E-state index contributed by atoms with van der Waals surface area (Å²) >= 11 is 0. The Kier molecular flexibility index (Phi) is 6.59. The Bertz CT molecular complexity index is 143. The lowest BCUT2D eigenvalue weighted by atomic mass is 10.1. The summed E-state index contributed by atoms with van der Waals surface area (Å²) in [6.07, 6.45) is 1.96. The van der Waals surface area contributed by atoms with Gasteiger partial charge in [0.25, 0.3) is 0 Å². The van der Waals surface area contributed by atoms with Gasteiger partial charge in [-0.2, -0.15) is 0 Å². The zero-order chi connectivity index (χ0) is 10.3. The largest absolute Gasteiger partial charge is 0.479 e. The van der Waals surface area contributed by atoms with E-state index in [1.165, 1.54) is 0 Å². The van der Waals surface area contributed by atoms with Gasteiger partial charge in [-0.15, -0.1) is 0 Å². The van der Waals surface area contributed by atoms with E-state index in [4.69, 9.17) is 9.84 Å². The van der Waals surface area contributed by atoms with Gasteiger partial charge in [-0.25, -0.2) is 4.79 Å². The molecule has 0 bridgehead atoms. The molecule has 0 saturated heterocycles. The summed E-state index contributed by atoms with van der Waals surface area (Å²) in [6.45, 7) is 6.67. The van der Waals surface area contributed by atoms with Gasteiger partial charge in [0.15, 0.2) is 6.10 Å². The van der Waals surface area contributed by atoms with Crippen molar-refractivity contribution in [1.29, 1.82) is 0 Å². The average molecular weight is 188 g/mol. The molecule has 1 N–H and O–H groups in total. The minimum Gasteiger partial charge on any atom is -0.479 e. The molecule has 0 aliphatic carbocycles. The molecule has 0 aromatic carbocycles. The molecule has 1 unspecified atom stereocenters. The maximum atomic E-state index is 10.5. The number of aliphatic carboxylic acids is 1. The topological polar surface area (TPSA) is 46.5 Å². The molecule has 0 spiro atoms. The summed E-state index contributed by atoms with van der Waals surface area (Å²) in [5.74, 6) is -0.194. The minimum absolute atomic E-state index is 0.539. The van der Waals surface area contributed by atoms with E-state index in [0.29, 0.717) is 18.9 Å². The van der Waals surface area contributed by atoms with Crippen LogP contribution in [-0.2, 0) is 9.53 Å². The lowest BCUT2D eigenvalue weighted by molar-refractivity contribution is -0.150. The van der Waals surface area contributed by atoms with E-state index in [2.05, 4.69) is 13.8 Å². The first kappa shape index (κ1) is 12.4. The number of rotatable bonds is 7. The Morgan fingerprint density at radius 2 is 2.08 bits per heavy atom. The van der Waals surface area contributed by atoms with Crippen molar-refractivity contribution in [2.24, 2.45) is 5.92 Å². The van der Waals surface area contributed by atoms with Crippen molar-refractivity contribution >= 4 is 5.97 Å². The maximum absolute atomic E-state index is 10.5. The molecule has 0 aliphatic rings. The normalized spacial score (nSPS) is 13.2. The summed E-state index contributed by atoms with van der Waals surface area (Å²) in [6, 6.07) is 0. The highest BCUT2D eigenvalue weighted by molar-refractivity contribution is 5.72. The molecule has 0 aliphatic heterocycles. The fraction of sp³-hybridized carbons (Fsp3) is 0.900. The van der Waals surface area contributed by atoms with Crippen LogP contribution in [0.1, 0.15) is 40.0 Å². The summed E-state index contributed by atoms with van der Waals surface area (Å²) in [4.78, 5) is 10.5. The van der Waals surface area contributed by atoms with Crippen molar-refractivity contribution in [3.63, 3.8) is 0 Å². The third-order valence-electron chi connectivity index (χ3n) is 1.89. The average Bonchev–Trinajstić information content (AvgIpc) is 2.03. The zero-order valence-electron chi connectivity index (χ0n) is 8.75. The Morgan fingerprint density at radius 1 is 1.46 bits per heavy atom. The smallest absolute Gasteiger partial charge is 0.332 e. The highest BCUT2D eigenvalue weighted by atomic mass is 16.5. The molecule has 78 valence electrons. The van der Waals surface area contributed by atoms with Crippen LogP contribution in [0.5, 0.6) is 0 Å². The predicted molar refractivity (Wildman–Crippen MR) is 51.7 cm³/mol. The molecule has 3 nitrogen and oxygen atoms in total. The van der Waals surface area contributed by atoms with Crippen molar-refractivity contribution in [2.45, 2.75) is 46.1 Å². The fourth-order valence-electron chi connectivity index (χ4n) is 1.08. The summed E-state index contributed by atoms with van der Waals surface area (Å²) in [5.41, 5.74) is 0. The highest BCUT2D eigenvalue weighted by Crippen LogP contribution is 2.05. The van der Waals surface area contributed by atoms with Gasteiger partial charge in [-0.1, -0.05) is 20.8 Å². The van der Waals surface area contributed by atoms with Crippen LogP contribution in [0.4, 0.5) is 0 Å². The van der Waals surface area contributed by atoms with E-state index in [9.17, 15) is 4.79 Å². The first-order chi connectivity index (χ1) is 6.07. The molecule has 1 atom stereocenters. The number of carboxylic acid groups (broad SMARTS) is 1. The van der Waals surface area contributed by atoms with E-state index in [0.717, 1.165) is 12.8 Å². The van der Waals surface area contributed by atoms with Crippen LogP contribution in [0.3, 0.4) is 0 Å². The Hall–Kier alpha value is -0.570. The third-order valence-corrected chi connectivity index (χ3v) is 1.89. The van der Waals surface area contributed by atoms with Gasteiger partial charge in [0.2, 0.25) is 0 Å². The van der Waals surface area contributed by atoms with Gasteiger partial charge in [0.05, 0.1) is 0 Å². The second-order valence-electron chi connectivity index (χ2n) is 3.64. The van der Waals surface area contributed by atoms with Gasteiger partial charge in [0.1, 0.15) is 0 Å². The van der Waals surface area contributed by atoms with Gasteiger partial charge < -0.3 is 9.84 Å². The predicted octanol–water partition coefficient (Wildman–Crippen LogP) is 2.30. The quantitative estimate of drug-likeness (QED) is 0.623. The van der Waals surface area contributed by atoms with Crippen molar-refractivity contribution in [2.75, 3.05) is 6.61 Å². The molecular weight excluding hydrogens is 168 g/mol. The Balaban J connectivity index is 3.44. The third kappa shape index (κ3) is 6.58. The summed E-state index contributed by atoms with van der Waals surface area (Å²) in [7, 11) is 0.